The van der Waals surface area contributed by atoms with Gasteiger partial charge in [0.25, 0.3) is 5.91 Å². The standard InChI is InChI=1S/C15H17N3O/c1-11-5-4-10-17-14(11)18-15(19)13-7-3-2-6-12(13)8-9-16/h2-7,10H,8-9,16H2,1H3,(H,17,18,19). The van der Waals surface area contributed by atoms with E-state index in [1.165, 1.54) is 0 Å². The lowest BCUT2D eigenvalue weighted by Crippen LogP contribution is -2.17. The summed E-state index contributed by atoms with van der Waals surface area (Å²) >= 11 is 0. The number of carbonyl (C=O) groups excluding carboxylic acids is 1. The van der Waals surface area contributed by atoms with Gasteiger partial charge in [-0.3, -0.25) is 4.79 Å². The Balaban J connectivity index is 2.23. The van der Waals surface area contributed by atoms with Gasteiger partial charge in [0.05, 0.1) is 0 Å². The Morgan fingerprint density at radius 2 is 2.05 bits per heavy atom. The second kappa shape index (κ2) is 6.11. The van der Waals surface area contributed by atoms with Crippen molar-refractivity contribution in [3.05, 3.63) is 59.3 Å². The minimum Gasteiger partial charge on any atom is -0.330 e. The highest BCUT2D eigenvalue weighted by Crippen LogP contribution is 2.14. The van der Waals surface area contributed by atoms with Crippen LogP contribution in [0.25, 0.3) is 0 Å². The molecule has 0 radical (unpaired) electrons. The number of hydrogen-bond donors (Lipinski definition) is 2. The molecule has 1 amide bonds. The van der Waals surface area contributed by atoms with Crippen molar-refractivity contribution in [1.82, 2.24) is 4.98 Å². The summed E-state index contributed by atoms with van der Waals surface area (Å²) in [6.07, 6.45) is 2.35. The van der Waals surface area contributed by atoms with Crippen LogP contribution in [0.2, 0.25) is 0 Å². The SMILES string of the molecule is Cc1cccnc1NC(=O)c1ccccc1CCN. The maximum absolute atomic E-state index is 12.3. The van der Waals surface area contributed by atoms with Crippen molar-refractivity contribution in [2.45, 2.75) is 13.3 Å². The lowest BCUT2D eigenvalue weighted by molar-refractivity contribution is 0.102. The molecule has 4 heteroatoms. The zero-order valence-corrected chi connectivity index (χ0v) is 10.9. The number of aromatic nitrogens is 1. The third-order valence-electron chi connectivity index (χ3n) is 2.92. The van der Waals surface area contributed by atoms with Crippen LogP contribution in [-0.2, 0) is 6.42 Å². The van der Waals surface area contributed by atoms with Gasteiger partial charge in [-0.05, 0) is 43.1 Å². The molecule has 2 aromatic rings. The van der Waals surface area contributed by atoms with Gasteiger partial charge in [-0.15, -0.1) is 0 Å². The van der Waals surface area contributed by atoms with E-state index in [9.17, 15) is 4.79 Å². The number of anilines is 1. The van der Waals surface area contributed by atoms with Crippen LogP contribution in [0.5, 0.6) is 0 Å². The van der Waals surface area contributed by atoms with Gasteiger partial charge in [-0.1, -0.05) is 24.3 Å². The average molecular weight is 255 g/mol. The van der Waals surface area contributed by atoms with Crippen molar-refractivity contribution in [1.29, 1.82) is 0 Å². The van der Waals surface area contributed by atoms with Gasteiger partial charge in [0, 0.05) is 11.8 Å². The van der Waals surface area contributed by atoms with E-state index < -0.39 is 0 Å². The van der Waals surface area contributed by atoms with Crippen LogP contribution in [0.3, 0.4) is 0 Å². The normalized spacial score (nSPS) is 10.2. The van der Waals surface area contributed by atoms with Crippen molar-refractivity contribution in [2.24, 2.45) is 5.73 Å². The Morgan fingerprint density at radius 1 is 1.26 bits per heavy atom. The van der Waals surface area contributed by atoms with Crippen LogP contribution in [0, 0.1) is 6.92 Å². The van der Waals surface area contributed by atoms with E-state index in [0.29, 0.717) is 24.3 Å². The molecule has 0 aliphatic rings. The summed E-state index contributed by atoms with van der Waals surface area (Å²) in [5.41, 5.74) is 8.11. The Bertz CT molecular complexity index is 581. The zero-order chi connectivity index (χ0) is 13.7. The summed E-state index contributed by atoms with van der Waals surface area (Å²) < 4.78 is 0. The first kappa shape index (κ1) is 13.2. The molecule has 3 N–H and O–H groups in total. The number of aryl methyl sites for hydroxylation is 1. The third kappa shape index (κ3) is 3.17. The van der Waals surface area contributed by atoms with Crippen LogP contribution >= 0.6 is 0 Å². The number of nitrogens with one attached hydrogen (secondary N) is 1. The molecule has 0 bridgehead atoms. The number of benzene rings is 1. The first-order chi connectivity index (χ1) is 9.22. The van der Waals surface area contributed by atoms with Crippen LogP contribution in [0.4, 0.5) is 5.82 Å². The summed E-state index contributed by atoms with van der Waals surface area (Å²) in [6, 6.07) is 11.2. The molecule has 2 rings (SSSR count). The van der Waals surface area contributed by atoms with E-state index in [0.717, 1.165) is 11.1 Å². The summed E-state index contributed by atoms with van der Waals surface area (Å²) in [4.78, 5) is 16.4. The van der Waals surface area contributed by atoms with Crippen LogP contribution in [0.1, 0.15) is 21.5 Å². The Hall–Kier alpha value is -2.20. The predicted octanol–water partition coefficient (Wildman–Crippen LogP) is 2.14. The number of pyridine rings is 1. The third-order valence-corrected chi connectivity index (χ3v) is 2.92. The molecule has 0 aliphatic carbocycles. The van der Waals surface area contributed by atoms with E-state index in [-0.39, 0.29) is 5.91 Å². The van der Waals surface area contributed by atoms with Crippen molar-refractivity contribution >= 4 is 11.7 Å². The van der Waals surface area contributed by atoms with E-state index in [4.69, 9.17) is 5.73 Å². The predicted molar refractivity (Wildman–Crippen MR) is 76.1 cm³/mol. The fraction of sp³-hybridized carbons (Fsp3) is 0.200. The quantitative estimate of drug-likeness (QED) is 0.879. The highest BCUT2D eigenvalue weighted by Gasteiger charge is 2.11. The van der Waals surface area contributed by atoms with Gasteiger partial charge in [0.15, 0.2) is 0 Å². The molecular formula is C15H17N3O. The Kier molecular flexibility index (Phi) is 4.26. The lowest BCUT2D eigenvalue weighted by Gasteiger charge is -2.10. The highest BCUT2D eigenvalue weighted by atomic mass is 16.1. The zero-order valence-electron chi connectivity index (χ0n) is 10.9. The van der Waals surface area contributed by atoms with Crippen LogP contribution in [0.15, 0.2) is 42.6 Å². The highest BCUT2D eigenvalue weighted by molar-refractivity contribution is 6.05. The van der Waals surface area contributed by atoms with Crippen LogP contribution < -0.4 is 11.1 Å². The molecule has 0 unspecified atom stereocenters. The molecule has 0 spiro atoms. The molecule has 4 nitrogen and oxygen atoms in total. The minimum atomic E-state index is -0.147. The summed E-state index contributed by atoms with van der Waals surface area (Å²) in [7, 11) is 0. The number of rotatable bonds is 4. The Morgan fingerprint density at radius 3 is 2.79 bits per heavy atom. The molecule has 0 saturated carbocycles. The monoisotopic (exact) mass is 255 g/mol. The molecule has 1 aromatic carbocycles. The van der Waals surface area contributed by atoms with E-state index >= 15 is 0 Å². The van der Waals surface area contributed by atoms with Crippen molar-refractivity contribution in [3.63, 3.8) is 0 Å². The molecule has 98 valence electrons. The molecule has 0 aliphatic heterocycles. The van der Waals surface area contributed by atoms with Gasteiger partial charge < -0.3 is 11.1 Å². The molecule has 0 saturated heterocycles. The van der Waals surface area contributed by atoms with Crippen LogP contribution in [-0.4, -0.2) is 17.4 Å². The average Bonchev–Trinajstić information content (AvgIpc) is 2.42. The smallest absolute Gasteiger partial charge is 0.257 e. The topological polar surface area (TPSA) is 68.0 Å². The van der Waals surface area contributed by atoms with Gasteiger partial charge in [0.2, 0.25) is 0 Å². The van der Waals surface area contributed by atoms with Gasteiger partial charge in [-0.25, -0.2) is 4.98 Å². The number of hydrogen-bond acceptors (Lipinski definition) is 3. The molecule has 1 aromatic heterocycles. The summed E-state index contributed by atoms with van der Waals surface area (Å²) in [5, 5.41) is 2.83. The summed E-state index contributed by atoms with van der Waals surface area (Å²) in [6.45, 7) is 2.43. The fourth-order valence-electron chi connectivity index (χ4n) is 1.91. The van der Waals surface area contributed by atoms with E-state index in [1.807, 2.05) is 37.3 Å². The number of nitrogens with zero attached hydrogens (tertiary/aromatic N) is 1. The van der Waals surface area contributed by atoms with Gasteiger partial charge in [0.1, 0.15) is 5.82 Å². The second-order valence-corrected chi connectivity index (χ2v) is 4.32. The Labute approximate surface area is 112 Å². The lowest BCUT2D eigenvalue weighted by atomic mass is 10.0. The van der Waals surface area contributed by atoms with Gasteiger partial charge >= 0.3 is 0 Å². The van der Waals surface area contributed by atoms with Crippen molar-refractivity contribution < 1.29 is 4.79 Å². The van der Waals surface area contributed by atoms with Gasteiger partial charge in [-0.2, -0.15) is 0 Å². The van der Waals surface area contributed by atoms with E-state index in [1.54, 1.807) is 12.3 Å². The largest absolute Gasteiger partial charge is 0.330 e. The van der Waals surface area contributed by atoms with E-state index in [2.05, 4.69) is 10.3 Å². The molecular weight excluding hydrogens is 238 g/mol. The number of amides is 1. The minimum absolute atomic E-state index is 0.147. The number of carbonyl (C=O) groups is 1. The van der Waals surface area contributed by atoms with Crippen molar-refractivity contribution in [3.8, 4) is 0 Å². The van der Waals surface area contributed by atoms with Crippen molar-refractivity contribution in [2.75, 3.05) is 11.9 Å². The first-order valence-electron chi connectivity index (χ1n) is 6.23. The molecule has 1 heterocycles. The number of nitrogens with two attached hydrogens (primary N) is 1. The molecule has 19 heavy (non-hydrogen) atoms. The molecule has 0 fully saturated rings. The maximum Gasteiger partial charge on any atom is 0.257 e. The fourth-order valence-corrected chi connectivity index (χ4v) is 1.91. The maximum atomic E-state index is 12.3. The molecule has 0 atom stereocenters. The first-order valence-corrected chi connectivity index (χ1v) is 6.23. The summed E-state index contributed by atoms with van der Waals surface area (Å²) in [5.74, 6) is 0.445. The second-order valence-electron chi connectivity index (χ2n) is 4.32.